The molecule has 6 nitrogen and oxygen atoms in total. The minimum absolute atomic E-state index is 0.0804. The van der Waals surface area contributed by atoms with E-state index in [1.54, 1.807) is 48.5 Å². The SMILES string of the molecule is Cc1cc[n+]([O-])cc1.O=[N+]([O-])c1ccc(/C=C/c2ccc(O)cc2)cc1. The average molecular weight is 350 g/mol. The van der Waals surface area contributed by atoms with Crippen LogP contribution in [-0.4, -0.2) is 10.0 Å². The predicted octanol–water partition coefficient (Wildman–Crippen LogP) is 4.10. The van der Waals surface area contributed by atoms with Crippen molar-refractivity contribution in [1.29, 1.82) is 0 Å². The highest BCUT2D eigenvalue weighted by Gasteiger charge is 2.01. The molecule has 3 rings (SSSR count). The van der Waals surface area contributed by atoms with Gasteiger partial charge in [-0.05, 0) is 47.9 Å². The number of hydrogen-bond donors (Lipinski definition) is 1. The van der Waals surface area contributed by atoms with Gasteiger partial charge in [-0.3, -0.25) is 10.1 Å². The van der Waals surface area contributed by atoms with E-state index in [2.05, 4.69) is 0 Å². The van der Waals surface area contributed by atoms with Gasteiger partial charge in [0.2, 0.25) is 0 Å². The second kappa shape index (κ2) is 8.98. The molecule has 0 unspecified atom stereocenters. The van der Waals surface area contributed by atoms with Crippen LogP contribution in [0.3, 0.4) is 0 Å². The summed E-state index contributed by atoms with van der Waals surface area (Å²) in [5, 5.41) is 30.0. The van der Waals surface area contributed by atoms with Crippen LogP contribution in [0.4, 0.5) is 5.69 Å². The Morgan fingerprint density at radius 3 is 1.77 bits per heavy atom. The molecule has 0 fully saturated rings. The van der Waals surface area contributed by atoms with Crippen molar-refractivity contribution in [2.75, 3.05) is 0 Å². The van der Waals surface area contributed by atoms with Gasteiger partial charge in [-0.15, -0.1) is 0 Å². The summed E-state index contributed by atoms with van der Waals surface area (Å²) in [4.78, 5) is 10.1. The second-order valence-electron chi connectivity index (χ2n) is 5.51. The maximum Gasteiger partial charge on any atom is 0.269 e. The fourth-order valence-electron chi connectivity index (χ4n) is 1.97. The Morgan fingerprint density at radius 2 is 1.35 bits per heavy atom. The molecular formula is C20H18N2O4. The van der Waals surface area contributed by atoms with E-state index < -0.39 is 4.92 Å². The maximum absolute atomic E-state index is 10.5. The molecule has 0 saturated heterocycles. The van der Waals surface area contributed by atoms with Gasteiger partial charge in [-0.25, -0.2) is 0 Å². The molecule has 3 aromatic rings. The van der Waals surface area contributed by atoms with Crippen molar-refractivity contribution in [2.24, 2.45) is 0 Å². The second-order valence-corrected chi connectivity index (χ2v) is 5.51. The molecule has 0 aliphatic heterocycles. The molecule has 0 saturated carbocycles. The number of aromatic hydroxyl groups is 1. The van der Waals surface area contributed by atoms with Crippen LogP contribution in [0.5, 0.6) is 5.75 Å². The van der Waals surface area contributed by atoms with Crippen LogP contribution in [0.25, 0.3) is 12.2 Å². The Bertz CT molecular complexity index is 850. The number of non-ortho nitro benzene ring substituents is 1. The van der Waals surface area contributed by atoms with Crippen LogP contribution in [0, 0.1) is 22.2 Å². The quantitative estimate of drug-likeness (QED) is 0.253. The van der Waals surface area contributed by atoms with Crippen LogP contribution < -0.4 is 4.73 Å². The zero-order valence-corrected chi connectivity index (χ0v) is 14.1. The fourth-order valence-corrected chi connectivity index (χ4v) is 1.97. The Kier molecular flexibility index (Phi) is 6.45. The molecule has 0 aliphatic carbocycles. The molecule has 1 aromatic heterocycles. The third kappa shape index (κ3) is 6.09. The number of hydrogen-bond acceptors (Lipinski definition) is 4. The fraction of sp³-hybridized carbons (Fsp3) is 0.0500. The Labute approximate surface area is 151 Å². The number of pyridine rings is 1. The molecule has 0 atom stereocenters. The van der Waals surface area contributed by atoms with Gasteiger partial charge in [0.05, 0.1) is 4.92 Å². The van der Waals surface area contributed by atoms with Crippen molar-refractivity contribution in [3.8, 4) is 5.75 Å². The highest BCUT2D eigenvalue weighted by atomic mass is 16.6. The van der Waals surface area contributed by atoms with E-state index in [4.69, 9.17) is 5.11 Å². The van der Waals surface area contributed by atoms with Gasteiger partial charge >= 0.3 is 0 Å². The Hall–Kier alpha value is -3.67. The normalized spacial score (nSPS) is 10.2. The van der Waals surface area contributed by atoms with Gasteiger partial charge in [-0.2, -0.15) is 4.73 Å². The average Bonchev–Trinajstić information content (AvgIpc) is 2.64. The highest BCUT2D eigenvalue weighted by Crippen LogP contribution is 2.15. The highest BCUT2D eigenvalue weighted by molar-refractivity contribution is 5.70. The maximum atomic E-state index is 10.5. The number of rotatable bonds is 3. The molecular weight excluding hydrogens is 332 g/mol. The molecule has 26 heavy (non-hydrogen) atoms. The molecule has 0 bridgehead atoms. The Balaban J connectivity index is 0.000000254. The summed E-state index contributed by atoms with van der Waals surface area (Å²) in [5.74, 6) is 0.225. The molecule has 132 valence electrons. The van der Waals surface area contributed by atoms with E-state index in [-0.39, 0.29) is 11.4 Å². The number of phenols is 1. The van der Waals surface area contributed by atoms with Crippen LogP contribution in [0.15, 0.2) is 73.1 Å². The first-order valence-electron chi connectivity index (χ1n) is 7.81. The number of nitro benzene ring substituents is 1. The van der Waals surface area contributed by atoms with Crippen molar-refractivity contribution < 1.29 is 14.8 Å². The summed E-state index contributed by atoms with van der Waals surface area (Å²) >= 11 is 0. The van der Waals surface area contributed by atoms with Crippen LogP contribution in [0.2, 0.25) is 0 Å². The van der Waals surface area contributed by atoms with Crippen molar-refractivity contribution >= 4 is 17.8 Å². The summed E-state index contributed by atoms with van der Waals surface area (Å²) in [6.45, 7) is 1.94. The van der Waals surface area contributed by atoms with E-state index in [1.807, 2.05) is 19.1 Å². The van der Waals surface area contributed by atoms with Gasteiger partial charge in [0.1, 0.15) is 5.75 Å². The molecule has 1 heterocycles. The van der Waals surface area contributed by atoms with E-state index in [0.717, 1.165) is 21.4 Å². The van der Waals surface area contributed by atoms with E-state index in [0.29, 0.717) is 0 Å². The number of nitrogens with zero attached hydrogens (tertiary/aromatic N) is 2. The third-order valence-corrected chi connectivity index (χ3v) is 3.43. The van der Waals surface area contributed by atoms with Crippen molar-refractivity contribution in [3.63, 3.8) is 0 Å². The zero-order valence-electron chi connectivity index (χ0n) is 14.1. The monoisotopic (exact) mass is 350 g/mol. The minimum atomic E-state index is -0.423. The van der Waals surface area contributed by atoms with E-state index in [1.165, 1.54) is 24.5 Å². The molecule has 1 N–H and O–H groups in total. The van der Waals surface area contributed by atoms with Gasteiger partial charge in [0, 0.05) is 24.3 Å². The lowest BCUT2D eigenvalue weighted by Crippen LogP contribution is -2.23. The molecule has 0 amide bonds. The third-order valence-electron chi connectivity index (χ3n) is 3.43. The van der Waals surface area contributed by atoms with Crippen molar-refractivity contribution in [3.05, 3.63) is 105 Å². The molecule has 6 heteroatoms. The van der Waals surface area contributed by atoms with Crippen molar-refractivity contribution in [1.82, 2.24) is 0 Å². The number of nitro groups is 1. The van der Waals surface area contributed by atoms with Gasteiger partial charge in [0.25, 0.3) is 5.69 Å². The summed E-state index contributed by atoms with van der Waals surface area (Å²) in [6.07, 6.45) is 6.70. The lowest BCUT2D eigenvalue weighted by atomic mass is 10.1. The first-order valence-corrected chi connectivity index (χ1v) is 7.81. The first-order chi connectivity index (χ1) is 12.4. The lowest BCUT2D eigenvalue weighted by Gasteiger charge is -1.95. The zero-order chi connectivity index (χ0) is 18.9. The standard InChI is InChI=1S/C14H11NO3.C6H7NO/c16-14-9-5-12(6-10-14)2-1-11-3-7-13(8-4-11)15(17)18;1-6-2-4-7(8)5-3-6/h1-10,16H;2-5H,1H3/b2-1+;. The summed E-state index contributed by atoms with van der Waals surface area (Å²) in [6, 6.07) is 16.6. The molecule has 2 aromatic carbocycles. The van der Waals surface area contributed by atoms with Gasteiger partial charge in [0.15, 0.2) is 12.4 Å². The van der Waals surface area contributed by atoms with Crippen LogP contribution >= 0.6 is 0 Å². The van der Waals surface area contributed by atoms with Gasteiger partial charge in [-0.1, -0.05) is 24.3 Å². The minimum Gasteiger partial charge on any atom is -0.619 e. The molecule has 0 aliphatic rings. The number of benzene rings is 2. The predicted molar refractivity (Wildman–Crippen MR) is 100 cm³/mol. The number of phenolic OH excluding ortho intramolecular Hbond substituents is 1. The van der Waals surface area contributed by atoms with E-state index >= 15 is 0 Å². The van der Waals surface area contributed by atoms with Crippen LogP contribution in [0.1, 0.15) is 16.7 Å². The van der Waals surface area contributed by atoms with Crippen LogP contribution in [-0.2, 0) is 0 Å². The smallest absolute Gasteiger partial charge is 0.269 e. The number of aryl methyl sites for hydroxylation is 1. The lowest BCUT2D eigenvalue weighted by molar-refractivity contribution is -0.605. The number of aromatic nitrogens is 1. The van der Waals surface area contributed by atoms with E-state index in [9.17, 15) is 15.3 Å². The first kappa shape index (κ1) is 18.7. The topological polar surface area (TPSA) is 90.3 Å². The molecule has 0 radical (unpaired) electrons. The summed E-state index contributed by atoms with van der Waals surface area (Å²) < 4.78 is 0.771. The van der Waals surface area contributed by atoms with Gasteiger partial charge < -0.3 is 10.3 Å². The molecule has 0 spiro atoms. The summed E-state index contributed by atoms with van der Waals surface area (Å²) in [7, 11) is 0. The summed E-state index contributed by atoms with van der Waals surface area (Å²) in [5.41, 5.74) is 3.02. The largest absolute Gasteiger partial charge is 0.619 e. The van der Waals surface area contributed by atoms with Crippen molar-refractivity contribution in [2.45, 2.75) is 6.92 Å². The Morgan fingerprint density at radius 1 is 0.885 bits per heavy atom.